The monoisotopic (exact) mass is 223 g/mol. The van der Waals surface area contributed by atoms with E-state index >= 15 is 0 Å². The number of anilines is 1. The third kappa shape index (κ3) is 4.34. The Morgan fingerprint density at radius 3 is 2.31 bits per heavy atom. The average molecular weight is 223 g/mol. The normalized spacial score (nSPS) is 11.0. The predicted octanol–water partition coefficient (Wildman–Crippen LogP) is 3.84. The van der Waals surface area contributed by atoms with E-state index < -0.39 is 11.7 Å². The topological polar surface area (TPSA) is 38.3 Å². The zero-order valence-electron chi connectivity index (χ0n) is 10.3. The quantitative estimate of drug-likeness (QED) is 0.827. The Bertz CT molecular complexity index is 355. The summed E-state index contributed by atoms with van der Waals surface area (Å²) in [7, 11) is 0. The van der Waals surface area contributed by atoms with Crippen molar-refractivity contribution in [3.63, 3.8) is 0 Å². The molecule has 0 saturated carbocycles. The Balaban J connectivity index is 0.00000256. The summed E-state index contributed by atoms with van der Waals surface area (Å²) in [5.74, 6) is 0. The van der Waals surface area contributed by atoms with Crippen LogP contribution in [0.2, 0.25) is 0 Å². The maximum absolute atomic E-state index is 11.4. The first-order chi connectivity index (χ1) is 7.40. The van der Waals surface area contributed by atoms with Crippen molar-refractivity contribution in [1.29, 1.82) is 0 Å². The number of carbonyl (C=O) groups is 1. The third-order valence-electron chi connectivity index (χ3n) is 2.01. The van der Waals surface area contributed by atoms with Gasteiger partial charge in [-0.25, -0.2) is 4.79 Å². The molecule has 1 rings (SSSR count). The number of benzene rings is 1. The molecule has 0 aliphatic carbocycles. The summed E-state index contributed by atoms with van der Waals surface area (Å²) in [4.78, 5) is 11.4. The maximum Gasteiger partial charge on any atom is 0.412 e. The number of aryl methyl sites for hydroxylation is 1. The van der Waals surface area contributed by atoms with Gasteiger partial charge in [0, 0.05) is 7.11 Å². The molecule has 0 fully saturated rings. The summed E-state index contributed by atoms with van der Waals surface area (Å²) >= 11 is 0. The lowest BCUT2D eigenvalue weighted by molar-refractivity contribution is 0.0636. The van der Waals surface area contributed by atoms with Crippen molar-refractivity contribution in [2.45, 2.75) is 39.7 Å². The van der Waals surface area contributed by atoms with Gasteiger partial charge in [-0.3, -0.25) is 5.32 Å². The molecule has 0 saturated heterocycles. The van der Waals surface area contributed by atoms with Crippen LogP contribution in [0.25, 0.3) is 0 Å². The number of hydrogen-bond donors (Lipinski definition) is 1. The molecular formula is C13H21NO2. The number of rotatable bonds is 2. The van der Waals surface area contributed by atoms with Gasteiger partial charge in [0.1, 0.15) is 5.60 Å². The van der Waals surface area contributed by atoms with Crippen LogP contribution in [0, 0.1) is 0 Å². The van der Waals surface area contributed by atoms with Gasteiger partial charge in [0.25, 0.3) is 0 Å². The summed E-state index contributed by atoms with van der Waals surface area (Å²) in [5.41, 5.74) is 1.54. The van der Waals surface area contributed by atoms with E-state index in [0.717, 1.165) is 12.1 Å². The highest BCUT2D eigenvalue weighted by molar-refractivity contribution is 5.84. The molecule has 90 valence electrons. The largest absolute Gasteiger partial charge is 0.444 e. The van der Waals surface area contributed by atoms with Crippen molar-refractivity contribution in [1.82, 2.24) is 0 Å². The van der Waals surface area contributed by atoms with Crippen molar-refractivity contribution < 1.29 is 11.0 Å². The molecule has 3 heteroatoms. The summed E-state index contributed by atoms with van der Waals surface area (Å²) in [5, 5.41) is 2.69. The van der Waals surface area contributed by atoms with Gasteiger partial charge < -0.3 is 4.74 Å². The van der Waals surface area contributed by atoms with Crippen LogP contribution in [0.4, 0.5) is 10.5 Å². The Morgan fingerprint density at radius 1 is 1.31 bits per heavy atom. The summed E-state index contributed by atoms with van der Waals surface area (Å²) in [6, 6.07) is 7.74. The van der Waals surface area contributed by atoms with Crippen LogP contribution in [-0.4, -0.2) is 11.7 Å². The van der Waals surface area contributed by atoms with Gasteiger partial charge >= 0.3 is 6.09 Å². The fraction of sp³-hybridized carbons (Fsp3) is 0.462. The van der Waals surface area contributed by atoms with Gasteiger partial charge in [-0.05, 0) is 44.9 Å². The molecule has 3 nitrogen and oxygen atoms in total. The highest BCUT2D eigenvalue weighted by Gasteiger charge is 2.15. The molecule has 0 bridgehead atoms. The molecule has 1 aromatic carbocycles. The van der Waals surface area contributed by atoms with Crippen LogP contribution < -0.4 is 5.32 Å². The van der Waals surface area contributed by atoms with Crippen molar-refractivity contribution in [3.05, 3.63) is 29.8 Å². The lowest BCUT2D eigenvalue weighted by Gasteiger charge is -2.19. The molecule has 1 amide bonds. The highest BCUT2D eigenvalue weighted by Crippen LogP contribution is 2.12. The molecule has 1 aromatic rings. The second-order valence-electron chi connectivity index (χ2n) is 4.68. The minimum atomic E-state index is -0.465. The van der Waals surface area contributed by atoms with Gasteiger partial charge in [-0.1, -0.05) is 19.1 Å². The maximum atomic E-state index is 11.4. The Morgan fingerprint density at radius 2 is 1.88 bits per heavy atom. The SMILES string of the molecule is CCc1ccc(NC(=O)OC(C)(C)C)cc1.[HH]. The third-order valence-corrected chi connectivity index (χ3v) is 2.01. The first-order valence-electron chi connectivity index (χ1n) is 5.49. The standard InChI is InChI=1S/C13H19NO2.H2/c1-5-10-6-8-11(9-7-10)14-12(15)16-13(2,3)4;/h6-9H,5H2,1-4H3,(H,14,15);1H. The zero-order chi connectivity index (χ0) is 12.2. The lowest BCUT2D eigenvalue weighted by atomic mass is 10.1. The van der Waals surface area contributed by atoms with Crippen molar-refractivity contribution >= 4 is 11.8 Å². The number of nitrogens with one attached hydrogen (secondary N) is 1. The van der Waals surface area contributed by atoms with Crippen molar-refractivity contribution in [2.75, 3.05) is 5.32 Å². The molecule has 0 heterocycles. The van der Waals surface area contributed by atoms with Gasteiger partial charge in [-0.2, -0.15) is 0 Å². The molecule has 0 radical (unpaired) electrons. The number of ether oxygens (including phenoxy) is 1. The van der Waals surface area contributed by atoms with E-state index in [0.29, 0.717) is 0 Å². The zero-order valence-corrected chi connectivity index (χ0v) is 10.3. The number of amides is 1. The summed E-state index contributed by atoms with van der Waals surface area (Å²) in [6.45, 7) is 7.61. The number of hydrogen-bond acceptors (Lipinski definition) is 2. The minimum Gasteiger partial charge on any atom is -0.444 e. The van der Waals surface area contributed by atoms with E-state index in [1.807, 2.05) is 45.0 Å². The van der Waals surface area contributed by atoms with Crippen LogP contribution in [0.1, 0.15) is 34.7 Å². The fourth-order valence-electron chi connectivity index (χ4n) is 1.25. The van der Waals surface area contributed by atoms with E-state index in [1.165, 1.54) is 5.56 Å². The highest BCUT2D eigenvalue weighted by atomic mass is 16.6. The van der Waals surface area contributed by atoms with Gasteiger partial charge in [-0.15, -0.1) is 0 Å². The fourth-order valence-corrected chi connectivity index (χ4v) is 1.25. The van der Waals surface area contributed by atoms with Gasteiger partial charge in [0.2, 0.25) is 0 Å². The van der Waals surface area contributed by atoms with Crippen LogP contribution in [-0.2, 0) is 11.2 Å². The van der Waals surface area contributed by atoms with Crippen LogP contribution in [0.5, 0.6) is 0 Å². The Kier molecular flexibility index (Phi) is 3.93. The number of carbonyl (C=O) groups excluding carboxylic acids is 1. The van der Waals surface area contributed by atoms with E-state index in [-0.39, 0.29) is 1.43 Å². The van der Waals surface area contributed by atoms with E-state index in [2.05, 4.69) is 12.2 Å². The van der Waals surface area contributed by atoms with Crippen LogP contribution in [0.15, 0.2) is 24.3 Å². The summed E-state index contributed by atoms with van der Waals surface area (Å²) in [6.07, 6.45) is 0.573. The molecular weight excluding hydrogens is 202 g/mol. The lowest BCUT2D eigenvalue weighted by Crippen LogP contribution is -2.27. The predicted molar refractivity (Wildman–Crippen MR) is 67.8 cm³/mol. The minimum absolute atomic E-state index is 0. The second-order valence-corrected chi connectivity index (χ2v) is 4.68. The first-order valence-corrected chi connectivity index (χ1v) is 5.49. The van der Waals surface area contributed by atoms with Gasteiger partial charge in [0.05, 0.1) is 0 Å². The smallest absolute Gasteiger partial charge is 0.412 e. The van der Waals surface area contributed by atoms with Gasteiger partial charge in [0.15, 0.2) is 0 Å². The molecule has 16 heavy (non-hydrogen) atoms. The Labute approximate surface area is 98.3 Å². The van der Waals surface area contributed by atoms with Crippen LogP contribution >= 0.6 is 0 Å². The molecule has 0 aliphatic rings. The second kappa shape index (κ2) is 5.01. The van der Waals surface area contributed by atoms with Crippen molar-refractivity contribution in [2.24, 2.45) is 0 Å². The molecule has 0 unspecified atom stereocenters. The summed E-state index contributed by atoms with van der Waals surface area (Å²) < 4.78 is 5.15. The molecule has 0 aromatic heterocycles. The van der Waals surface area contributed by atoms with E-state index in [1.54, 1.807) is 0 Å². The van der Waals surface area contributed by atoms with E-state index in [9.17, 15) is 4.79 Å². The molecule has 0 atom stereocenters. The molecule has 0 spiro atoms. The molecule has 0 aliphatic heterocycles. The average Bonchev–Trinajstić information content (AvgIpc) is 2.16. The van der Waals surface area contributed by atoms with Crippen LogP contribution in [0.3, 0.4) is 0 Å². The van der Waals surface area contributed by atoms with E-state index in [4.69, 9.17) is 4.74 Å². The first kappa shape index (κ1) is 12.6. The Hall–Kier alpha value is -1.51. The molecule has 1 N–H and O–H groups in total. The van der Waals surface area contributed by atoms with Crippen molar-refractivity contribution in [3.8, 4) is 0 Å².